The van der Waals surface area contributed by atoms with Crippen LogP contribution in [0.15, 0.2) is 82.6 Å². The van der Waals surface area contributed by atoms with Gasteiger partial charge in [0.05, 0.1) is 5.69 Å². The van der Waals surface area contributed by atoms with Crippen molar-refractivity contribution in [1.82, 2.24) is 14.7 Å². The predicted molar refractivity (Wildman–Crippen MR) is 114 cm³/mol. The maximum Gasteiger partial charge on any atom is 0.267 e. The zero-order valence-corrected chi connectivity index (χ0v) is 17.2. The fourth-order valence-corrected chi connectivity index (χ4v) is 3.24. The molecule has 0 aliphatic rings. The van der Waals surface area contributed by atoms with E-state index in [4.69, 9.17) is 0 Å². The maximum atomic E-state index is 14.1. The normalized spacial score (nSPS) is 10.6. The van der Waals surface area contributed by atoms with Crippen LogP contribution in [0, 0.1) is 5.82 Å². The molecule has 3 aromatic rings. The van der Waals surface area contributed by atoms with E-state index in [1.54, 1.807) is 24.3 Å². The topological polar surface area (TPSA) is 55.2 Å². The van der Waals surface area contributed by atoms with Crippen LogP contribution < -0.4 is 5.56 Å². The van der Waals surface area contributed by atoms with Crippen LogP contribution in [0.5, 0.6) is 0 Å². The Morgan fingerprint density at radius 2 is 1.93 bits per heavy atom. The molecule has 0 atom stereocenters. The number of rotatable bonds is 7. The third kappa shape index (κ3) is 5.26. The minimum Gasteiger partial charge on any atom is -0.333 e. The van der Waals surface area contributed by atoms with E-state index < -0.39 is 5.82 Å². The third-order valence-electron chi connectivity index (χ3n) is 4.29. The van der Waals surface area contributed by atoms with Gasteiger partial charge in [0.15, 0.2) is 0 Å². The van der Waals surface area contributed by atoms with Crippen molar-refractivity contribution in [2.45, 2.75) is 13.1 Å². The van der Waals surface area contributed by atoms with Gasteiger partial charge in [-0.15, -0.1) is 6.58 Å². The summed E-state index contributed by atoms with van der Waals surface area (Å²) in [4.78, 5) is 26.5. The molecule has 3 rings (SSSR count). The summed E-state index contributed by atoms with van der Waals surface area (Å²) in [5.74, 6) is -0.763. The molecule has 0 bridgehead atoms. The molecule has 0 N–H and O–H groups in total. The Labute approximate surface area is 176 Å². The highest BCUT2D eigenvalue weighted by Gasteiger charge is 2.17. The predicted octanol–water partition coefficient (Wildman–Crippen LogP) is 4.03. The lowest BCUT2D eigenvalue weighted by Crippen LogP contribution is -2.37. The molecule has 0 unspecified atom stereocenters. The lowest BCUT2D eigenvalue weighted by molar-refractivity contribution is -0.132. The Balaban J connectivity index is 1.84. The minimum atomic E-state index is -0.406. The Bertz CT molecular complexity index is 1080. The maximum absolute atomic E-state index is 14.1. The quantitative estimate of drug-likeness (QED) is 0.505. The van der Waals surface area contributed by atoms with Gasteiger partial charge >= 0.3 is 0 Å². The molecule has 5 nitrogen and oxygen atoms in total. The van der Waals surface area contributed by atoms with Crippen molar-refractivity contribution in [3.63, 3.8) is 0 Å². The van der Waals surface area contributed by atoms with Crippen molar-refractivity contribution in [2.24, 2.45) is 0 Å². The molecule has 148 valence electrons. The first-order valence-electron chi connectivity index (χ1n) is 8.94. The van der Waals surface area contributed by atoms with Crippen LogP contribution in [0.2, 0.25) is 0 Å². The van der Waals surface area contributed by atoms with Gasteiger partial charge < -0.3 is 4.90 Å². The Kier molecular flexibility index (Phi) is 6.72. The highest BCUT2D eigenvalue weighted by molar-refractivity contribution is 9.10. The fourth-order valence-electron chi connectivity index (χ4n) is 2.83. The highest BCUT2D eigenvalue weighted by Crippen LogP contribution is 2.18. The van der Waals surface area contributed by atoms with Crippen LogP contribution in [0.4, 0.5) is 4.39 Å². The minimum absolute atomic E-state index is 0.0588. The van der Waals surface area contributed by atoms with Crippen LogP contribution in [-0.2, 0) is 17.9 Å². The fraction of sp³-hybridized carbons (Fsp3) is 0.136. The summed E-state index contributed by atoms with van der Waals surface area (Å²) in [5, 5.41) is 4.31. The number of carbonyl (C=O) groups is 1. The number of hydrogen-bond acceptors (Lipinski definition) is 3. The third-order valence-corrected chi connectivity index (χ3v) is 4.79. The molecular weight excluding hydrogens is 437 g/mol. The molecule has 0 fully saturated rings. The van der Waals surface area contributed by atoms with Crippen molar-refractivity contribution in [1.29, 1.82) is 0 Å². The Morgan fingerprint density at radius 3 is 2.66 bits per heavy atom. The van der Waals surface area contributed by atoms with Gasteiger partial charge in [0.25, 0.3) is 5.56 Å². The molecule has 1 heterocycles. The van der Waals surface area contributed by atoms with Crippen LogP contribution >= 0.6 is 15.9 Å². The number of benzene rings is 2. The largest absolute Gasteiger partial charge is 0.333 e. The van der Waals surface area contributed by atoms with Crippen molar-refractivity contribution in [3.05, 3.63) is 99.5 Å². The first-order chi connectivity index (χ1) is 14.0. The standard InChI is InChI=1S/C22H19BrFN3O2/c1-2-12-26(14-17-13-18(23)8-9-19(17)24)22(29)15-27-21(28)11-10-20(25-27)16-6-4-3-5-7-16/h2-11,13H,1,12,14-15H2. The van der Waals surface area contributed by atoms with E-state index in [1.165, 1.54) is 17.0 Å². The van der Waals surface area contributed by atoms with E-state index in [-0.39, 0.29) is 31.1 Å². The van der Waals surface area contributed by atoms with E-state index >= 15 is 0 Å². The van der Waals surface area contributed by atoms with Gasteiger partial charge in [-0.3, -0.25) is 9.59 Å². The van der Waals surface area contributed by atoms with Crippen LogP contribution in [-0.4, -0.2) is 27.1 Å². The van der Waals surface area contributed by atoms with E-state index in [2.05, 4.69) is 27.6 Å². The molecule has 1 amide bonds. The molecular formula is C22H19BrFN3O2. The molecule has 2 aromatic carbocycles. The molecule has 7 heteroatoms. The highest BCUT2D eigenvalue weighted by atomic mass is 79.9. The van der Waals surface area contributed by atoms with Crippen LogP contribution in [0.3, 0.4) is 0 Å². The summed E-state index contributed by atoms with van der Waals surface area (Å²) in [7, 11) is 0. The lowest BCUT2D eigenvalue weighted by Gasteiger charge is -2.22. The first-order valence-corrected chi connectivity index (χ1v) is 9.73. The second kappa shape index (κ2) is 9.43. The average molecular weight is 456 g/mol. The summed E-state index contributed by atoms with van der Waals surface area (Å²) in [6.45, 7) is 3.69. The lowest BCUT2D eigenvalue weighted by atomic mass is 10.1. The number of aromatic nitrogens is 2. The smallest absolute Gasteiger partial charge is 0.267 e. The van der Waals surface area contributed by atoms with E-state index in [0.717, 1.165) is 10.2 Å². The summed E-state index contributed by atoms with van der Waals surface area (Å²) < 4.78 is 16.0. The van der Waals surface area contributed by atoms with E-state index in [9.17, 15) is 14.0 Å². The molecule has 0 saturated heterocycles. The molecule has 0 radical (unpaired) electrons. The Morgan fingerprint density at radius 1 is 1.17 bits per heavy atom. The SMILES string of the molecule is C=CCN(Cc1cc(Br)ccc1F)C(=O)Cn1nc(-c2ccccc2)ccc1=O. The van der Waals surface area contributed by atoms with Gasteiger partial charge in [0.1, 0.15) is 12.4 Å². The zero-order valence-electron chi connectivity index (χ0n) is 15.6. The molecule has 0 aliphatic heterocycles. The number of halogens is 2. The van der Waals surface area contributed by atoms with Crippen molar-refractivity contribution in [2.75, 3.05) is 6.54 Å². The number of amides is 1. The van der Waals surface area contributed by atoms with Gasteiger partial charge in [0.2, 0.25) is 5.91 Å². The van der Waals surface area contributed by atoms with Crippen LogP contribution in [0.1, 0.15) is 5.56 Å². The van der Waals surface area contributed by atoms with E-state index in [1.807, 2.05) is 30.3 Å². The van der Waals surface area contributed by atoms with Crippen LogP contribution in [0.25, 0.3) is 11.3 Å². The van der Waals surface area contributed by atoms with Gasteiger partial charge in [-0.05, 0) is 24.3 Å². The molecule has 1 aromatic heterocycles. The van der Waals surface area contributed by atoms with Gasteiger partial charge in [-0.1, -0.05) is 52.3 Å². The van der Waals surface area contributed by atoms with Gasteiger partial charge in [-0.2, -0.15) is 5.10 Å². The summed E-state index contributed by atoms with van der Waals surface area (Å²) in [6, 6.07) is 16.9. The van der Waals surface area contributed by atoms with Crippen molar-refractivity contribution in [3.8, 4) is 11.3 Å². The Hall–Kier alpha value is -3.06. The average Bonchev–Trinajstić information content (AvgIpc) is 2.72. The summed E-state index contributed by atoms with van der Waals surface area (Å²) in [5.41, 5.74) is 1.41. The van der Waals surface area contributed by atoms with Crippen molar-refractivity contribution >= 4 is 21.8 Å². The number of nitrogens with zero attached hydrogens (tertiary/aromatic N) is 3. The molecule has 0 spiro atoms. The molecule has 29 heavy (non-hydrogen) atoms. The number of hydrogen-bond donors (Lipinski definition) is 0. The summed E-state index contributed by atoms with van der Waals surface area (Å²) >= 11 is 3.31. The van der Waals surface area contributed by atoms with Gasteiger partial charge in [0, 0.05) is 34.8 Å². The molecule has 0 aliphatic carbocycles. The van der Waals surface area contributed by atoms with Gasteiger partial charge in [-0.25, -0.2) is 9.07 Å². The second-order valence-electron chi connectivity index (χ2n) is 6.38. The zero-order chi connectivity index (χ0) is 20.8. The number of carbonyl (C=O) groups excluding carboxylic acids is 1. The van der Waals surface area contributed by atoms with E-state index in [0.29, 0.717) is 15.7 Å². The van der Waals surface area contributed by atoms with Crippen molar-refractivity contribution < 1.29 is 9.18 Å². The first kappa shape index (κ1) is 20.7. The summed E-state index contributed by atoms with van der Waals surface area (Å²) in [6.07, 6.45) is 1.56. The second-order valence-corrected chi connectivity index (χ2v) is 7.29. The monoisotopic (exact) mass is 455 g/mol. The molecule has 0 saturated carbocycles.